The highest BCUT2D eigenvalue weighted by Gasteiger charge is 2.10. The lowest BCUT2D eigenvalue weighted by Gasteiger charge is -2.09. The Morgan fingerprint density at radius 2 is 2.07 bits per heavy atom. The van der Waals surface area contributed by atoms with E-state index in [1.807, 2.05) is 0 Å². The van der Waals surface area contributed by atoms with Gasteiger partial charge in [-0.2, -0.15) is 8.78 Å². The molecule has 0 aliphatic rings. The average Bonchev–Trinajstić information content (AvgIpc) is 2.16. The fraction of sp³-hybridized carbons (Fsp3) is 0.222. The van der Waals surface area contributed by atoms with Crippen molar-refractivity contribution in [2.75, 3.05) is 7.11 Å². The van der Waals surface area contributed by atoms with E-state index in [4.69, 9.17) is 4.74 Å². The number of benzene rings is 1. The van der Waals surface area contributed by atoms with Gasteiger partial charge in [-0.3, -0.25) is 4.79 Å². The Labute approximate surface area is 79.2 Å². The van der Waals surface area contributed by atoms with E-state index < -0.39 is 6.61 Å². The lowest BCUT2D eigenvalue weighted by molar-refractivity contribution is -0.0512. The summed E-state index contributed by atoms with van der Waals surface area (Å²) in [4.78, 5) is 10.4. The minimum Gasteiger partial charge on any atom is -0.493 e. The molecule has 0 atom stereocenters. The van der Waals surface area contributed by atoms with Gasteiger partial charge in [-0.05, 0) is 18.2 Å². The van der Waals surface area contributed by atoms with E-state index in [1.165, 1.54) is 25.3 Å². The van der Waals surface area contributed by atoms with Crippen molar-refractivity contribution in [1.29, 1.82) is 0 Å². The summed E-state index contributed by atoms with van der Waals surface area (Å²) in [7, 11) is 1.33. The summed E-state index contributed by atoms with van der Waals surface area (Å²) in [5, 5.41) is 0. The van der Waals surface area contributed by atoms with Crippen molar-refractivity contribution in [2.24, 2.45) is 0 Å². The number of hydrogen-bond donors (Lipinski definition) is 0. The molecule has 0 spiro atoms. The van der Waals surface area contributed by atoms with Gasteiger partial charge in [0.2, 0.25) is 0 Å². The molecule has 0 fully saturated rings. The molecule has 0 aromatic heterocycles. The van der Waals surface area contributed by atoms with Crippen LogP contribution < -0.4 is 9.47 Å². The Bertz CT molecular complexity index is 326. The number of carbonyl (C=O) groups excluding carboxylic acids is 1. The number of ether oxygens (including phenoxy) is 2. The molecule has 0 unspecified atom stereocenters. The predicted molar refractivity (Wildman–Crippen MR) is 45.0 cm³/mol. The number of rotatable bonds is 4. The van der Waals surface area contributed by atoms with E-state index in [0.717, 1.165) is 0 Å². The number of alkyl halides is 2. The van der Waals surface area contributed by atoms with Gasteiger partial charge in [0.25, 0.3) is 0 Å². The monoisotopic (exact) mass is 202 g/mol. The zero-order valence-electron chi connectivity index (χ0n) is 7.37. The Morgan fingerprint density at radius 3 is 2.57 bits per heavy atom. The van der Waals surface area contributed by atoms with Gasteiger partial charge in [-0.15, -0.1) is 0 Å². The van der Waals surface area contributed by atoms with Gasteiger partial charge in [0, 0.05) is 5.56 Å². The third kappa shape index (κ3) is 2.42. The van der Waals surface area contributed by atoms with Crippen LogP contribution in [0, 0.1) is 0 Å². The van der Waals surface area contributed by atoms with Crippen LogP contribution in [0.4, 0.5) is 8.78 Å². The maximum absolute atomic E-state index is 11.9. The molecular weight excluding hydrogens is 194 g/mol. The first-order valence-corrected chi connectivity index (χ1v) is 3.75. The van der Waals surface area contributed by atoms with E-state index in [0.29, 0.717) is 6.29 Å². The zero-order chi connectivity index (χ0) is 10.6. The molecule has 14 heavy (non-hydrogen) atoms. The first-order valence-electron chi connectivity index (χ1n) is 3.75. The van der Waals surface area contributed by atoms with Crippen LogP contribution in [-0.4, -0.2) is 20.0 Å². The van der Waals surface area contributed by atoms with Crippen LogP contribution in [0.1, 0.15) is 10.4 Å². The molecule has 0 aliphatic heterocycles. The predicted octanol–water partition coefficient (Wildman–Crippen LogP) is 2.11. The van der Waals surface area contributed by atoms with Gasteiger partial charge >= 0.3 is 6.61 Å². The smallest absolute Gasteiger partial charge is 0.387 e. The second-order valence-electron chi connectivity index (χ2n) is 2.41. The molecule has 0 heterocycles. The van der Waals surface area contributed by atoms with Crippen molar-refractivity contribution in [3.63, 3.8) is 0 Å². The standard InChI is InChI=1S/C9H8F2O3/c1-13-7-3-2-6(5-12)4-8(7)14-9(10)11/h2-5,9H,1H3. The Balaban J connectivity index is 3.01. The highest BCUT2D eigenvalue weighted by Crippen LogP contribution is 2.28. The summed E-state index contributed by atoms with van der Waals surface area (Å²) in [6.45, 7) is -2.94. The van der Waals surface area contributed by atoms with Gasteiger partial charge in [0.1, 0.15) is 6.29 Å². The van der Waals surface area contributed by atoms with Crippen LogP contribution in [0.25, 0.3) is 0 Å². The van der Waals surface area contributed by atoms with Gasteiger partial charge < -0.3 is 9.47 Å². The quantitative estimate of drug-likeness (QED) is 0.701. The molecule has 1 aromatic carbocycles. The Kier molecular flexibility index (Phi) is 3.39. The summed E-state index contributed by atoms with van der Waals surface area (Å²) in [5.41, 5.74) is 0.251. The third-order valence-corrected chi connectivity index (χ3v) is 1.54. The number of aldehydes is 1. The van der Waals surface area contributed by atoms with Crippen molar-refractivity contribution in [2.45, 2.75) is 6.61 Å². The zero-order valence-corrected chi connectivity index (χ0v) is 7.37. The van der Waals surface area contributed by atoms with Crippen LogP contribution in [-0.2, 0) is 0 Å². The van der Waals surface area contributed by atoms with Crippen LogP contribution in [0.5, 0.6) is 11.5 Å². The number of carbonyl (C=O) groups is 1. The maximum atomic E-state index is 11.9. The minimum atomic E-state index is -2.94. The first-order chi connectivity index (χ1) is 6.67. The molecule has 1 aromatic rings. The Hall–Kier alpha value is -1.65. The first kappa shape index (κ1) is 10.4. The lowest BCUT2D eigenvalue weighted by Crippen LogP contribution is -2.03. The second kappa shape index (κ2) is 4.55. The fourth-order valence-corrected chi connectivity index (χ4v) is 0.955. The maximum Gasteiger partial charge on any atom is 0.387 e. The van der Waals surface area contributed by atoms with Gasteiger partial charge in [0.15, 0.2) is 11.5 Å². The molecule has 0 aliphatic carbocycles. The van der Waals surface area contributed by atoms with E-state index in [-0.39, 0.29) is 17.1 Å². The molecule has 0 bridgehead atoms. The molecule has 76 valence electrons. The van der Waals surface area contributed by atoms with E-state index >= 15 is 0 Å². The average molecular weight is 202 g/mol. The summed E-state index contributed by atoms with van der Waals surface area (Å²) in [6, 6.07) is 4.03. The van der Waals surface area contributed by atoms with Crippen LogP contribution in [0.15, 0.2) is 18.2 Å². The SMILES string of the molecule is COc1ccc(C=O)cc1OC(F)F. The Morgan fingerprint density at radius 1 is 1.36 bits per heavy atom. The van der Waals surface area contributed by atoms with Gasteiger partial charge in [-0.25, -0.2) is 0 Å². The molecule has 3 nitrogen and oxygen atoms in total. The van der Waals surface area contributed by atoms with Crippen molar-refractivity contribution in [1.82, 2.24) is 0 Å². The topological polar surface area (TPSA) is 35.5 Å². The molecule has 0 saturated heterocycles. The largest absolute Gasteiger partial charge is 0.493 e. The normalized spacial score (nSPS) is 10.0. The summed E-state index contributed by atoms with van der Waals surface area (Å²) in [6.07, 6.45) is 0.539. The number of halogens is 2. The van der Waals surface area contributed by atoms with Crippen molar-refractivity contribution in [3.8, 4) is 11.5 Å². The fourth-order valence-electron chi connectivity index (χ4n) is 0.955. The molecule has 0 saturated carbocycles. The molecule has 0 amide bonds. The molecule has 5 heteroatoms. The van der Waals surface area contributed by atoms with Crippen LogP contribution >= 0.6 is 0 Å². The van der Waals surface area contributed by atoms with Gasteiger partial charge in [-0.1, -0.05) is 0 Å². The molecule has 0 radical (unpaired) electrons. The second-order valence-corrected chi connectivity index (χ2v) is 2.41. The summed E-state index contributed by atoms with van der Waals surface area (Å²) < 4.78 is 32.7. The number of methoxy groups -OCH3 is 1. The lowest BCUT2D eigenvalue weighted by atomic mass is 10.2. The van der Waals surface area contributed by atoms with Crippen molar-refractivity contribution >= 4 is 6.29 Å². The highest BCUT2D eigenvalue weighted by molar-refractivity contribution is 5.76. The molecule has 0 N–H and O–H groups in total. The van der Waals surface area contributed by atoms with Crippen molar-refractivity contribution < 1.29 is 23.0 Å². The van der Waals surface area contributed by atoms with Crippen molar-refractivity contribution in [3.05, 3.63) is 23.8 Å². The molecular formula is C9H8F2O3. The minimum absolute atomic E-state index is 0.146. The van der Waals surface area contributed by atoms with Crippen LogP contribution in [0.3, 0.4) is 0 Å². The highest BCUT2D eigenvalue weighted by atomic mass is 19.3. The van der Waals surface area contributed by atoms with E-state index in [2.05, 4.69) is 4.74 Å². The molecule has 1 rings (SSSR count). The van der Waals surface area contributed by atoms with E-state index in [9.17, 15) is 13.6 Å². The summed E-state index contributed by atoms with van der Waals surface area (Å²) in [5.74, 6) is 0.0167. The van der Waals surface area contributed by atoms with Gasteiger partial charge in [0.05, 0.1) is 7.11 Å². The third-order valence-electron chi connectivity index (χ3n) is 1.54. The number of hydrogen-bond acceptors (Lipinski definition) is 3. The van der Waals surface area contributed by atoms with Crippen LogP contribution in [0.2, 0.25) is 0 Å². The summed E-state index contributed by atoms with van der Waals surface area (Å²) >= 11 is 0. The van der Waals surface area contributed by atoms with E-state index in [1.54, 1.807) is 0 Å².